The third-order valence-corrected chi connectivity index (χ3v) is 7.01. The molecule has 4 heterocycles. The summed E-state index contributed by atoms with van der Waals surface area (Å²) in [6, 6.07) is 14.2. The Morgan fingerprint density at radius 2 is 1.85 bits per heavy atom. The van der Waals surface area contributed by atoms with Crippen molar-refractivity contribution in [2.24, 2.45) is 0 Å². The summed E-state index contributed by atoms with van der Waals surface area (Å²) >= 11 is 0. The number of carbonyl (C=O) groups excluding carboxylic acids is 1. The van der Waals surface area contributed by atoms with Crippen molar-refractivity contribution in [3.8, 4) is 11.6 Å². The van der Waals surface area contributed by atoms with E-state index in [1.165, 1.54) is 20.0 Å². The van der Waals surface area contributed by atoms with E-state index in [2.05, 4.69) is 37.4 Å². The van der Waals surface area contributed by atoms with E-state index in [0.29, 0.717) is 25.1 Å². The lowest BCUT2D eigenvalue weighted by molar-refractivity contribution is -0.143. The molecular weight excluding hydrogens is 508 g/mol. The number of piperazine rings is 1. The second-order valence-corrected chi connectivity index (χ2v) is 9.79. The van der Waals surface area contributed by atoms with E-state index >= 15 is 0 Å². The summed E-state index contributed by atoms with van der Waals surface area (Å²) in [7, 11) is 1.46. The van der Waals surface area contributed by atoms with Gasteiger partial charge in [0.05, 0.1) is 19.2 Å². The van der Waals surface area contributed by atoms with E-state index in [0.717, 1.165) is 49.7 Å². The first kappa shape index (κ1) is 29.2. The van der Waals surface area contributed by atoms with Crippen LogP contribution in [0.4, 0.5) is 5.82 Å². The summed E-state index contributed by atoms with van der Waals surface area (Å²) in [6.07, 6.45) is 10.1. The molecule has 3 aromatic rings. The molecule has 2 unspecified atom stereocenters. The molecule has 0 aliphatic carbocycles. The Morgan fingerprint density at radius 3 is 2.58 bits per heavy atom. The monoisotopic (exact) mass is 548 g/mol. The number of rotatable bonds is 9. The Morgan fingerprint density at radius 1 is 1.02 bits per heavy atom. The number of nitrogens with zero attached hydrogens (tertiary/aromatic N) is 4. The molecule has 2 saturated heterocycles. The van der Waals surface area contributed by atoms with Gasteiger partial charge in [-0.25, -0.2) is 9.97 Å². The lowest BCUT2D eigenvalue weighted by atomic mass is 9.86. The number of hydrogen-bond donors (Lipinski definition) is 2. The summed E-state index contributed by atoms with van der Waals surface area (Å²) in [6.45, 7) is 6.74. The molecule has 2 aromatic heterocycles. The highest BCUT2D eigenvalue weighted by Crippen LogP contribution is 2.27. The fraction of sp³-hybridized carbons (Fsp3) is 0.467. The van der Waals surface area contributed by atoms with E-state index in [9.17, 15) is 4.79 Å². The van der Waals surface area contributed by atoms with Crippen LogP contribution in [0.2, 0.25) is 0 Å². The summed E-state index contributed by atoms with van der Waals surface area (Å²) in [5, 5.41) is 6.80. The number of piperidine rings is 1. The largest absolute Gasteiger partial charge is 0.488 e. The SMILES string of the molecule is COC(=O)C(c1ccccc1)C1CCCCN1.C[C@@H]1CNCCN1c1nccnc1OCCOc1cccnc1. The van der Waals surface area contributed by atoms with Gasteiger partial charge in [-0.15, -0.1) is 0 Å². The number of pyridine rings is 1. The number of benzene rings is 1. The molecule has 0 spiro atoms. The Labute approximate surface area is 236 Å². The second-order valence-electron chi connectivity index (χ2n) is 9.79. The first-order chi connectivity index (χ1) is 19.7. The molecule has 10 nitrogen and oxygen atoms in total. The predicted octanol–water partition coefficient (Wildman–Crippen LogP) is 3.21. The van der Waals surface area contributed by atoms with Crippen LogP contribution in [0, 0.1) is 0 Å². The minimum Gasteiger partial charge on any atom is -0.488 e. The molecule has 1 aromatic carbocycles. The predicted molar refractivity (Wildman–Crippen MR) is 154 cm³/mol. The molecule has 5 rings (SSSR count). The topological polar surface area (TPSA) is 111 Å². The maximum atomic E-state index is 11.9. The van der Waals surface area contributed by atoms with Crippen molar-refractivity contribution in [1.82, 2.24) is 25.6 Å². The van der Waals surface area contributed by atoms with Gasteiger partial charge >= 0.3 is 5.97 Å². The third kappa shape index (κ3) is 8.37. The zero-order valence-electron chi connectivity index (χ0n) is 23.4. The standard InChI is InChI=1S/C16H21N5O2.C14H19NO2/c1-13-11-18-7-8-21(13)15-16(20-6-5-19-15)23-10-9-22-14-3-2-4-17-12-14;1-17-14(16)13(11-7-3-2-4-8-11)12-9-5-6-10-15-12/h2-6,12-13,18H,7-11H2,1H3;2-4,7-8,12-13,15H,5-6,9-10H2,1H3/t13-;/m1./s1. The Balaban J connectivity index is 0.000000194. The van der Waals surface area contributed by atoms with Crippen LogP contribution in [0.15, 0.2) is 67.3 Å². The molecular formula is C30H40N6O4. The van der Waals surface area contributed by atoms with Crippen LogP contribution in [0.5, 0.6) is 11.6 Å². The molecule has 0 bridgehead atoms. The average Bonchev–Trinajstić information content (AvgIpc) is 3.02. The van der Waals surface area contributed by atoms with Crippen LogP contribution in [0.1, 0.15) is 37.7 Å². The third-order valence-electron chi connectivity index (χ3n) is 7.01. The number of methoxy groups -OCH3 is 1. The number of anilines is 1. The fourth-order valence-electron chi connectivity index (χ4n) is 4.99. The lowest BCUT2D eigenvalue weighted by Crippen LogP contribution is -2.50. The van der Waals surface area contributed by atoms with Gasteiger partial charge < -0.3 is 29.7 Å². The van der Waals surface area contributed by atoms with Gasteiger partial charge in [-0.05, 0) is 44.0 Å². The van der Waals surface area contributed by atoms with E-state index < -0.39 is 0 Å². The van der Waals surface area contributed by atoms with E-state index in [-0.39, 0.29) is 17.9 Å². The molecule has 2 N–H and O–H groups in total. The summed E-state index contributed by atoms with van der Waals surface area (Å²) in [5.41, 5.74) is 1.04. The van der Waals surface area contributed by atoms with Gasteiger partial charge in [0.2, 0.25) is 0 Å². The summed E-state index contributed by atoms with van der Waals surface area (Å²) < 4.78 is 16.3. The van der Waals surface area contributed by atoms with Gasteiger partial charge in [0.25, 0.3) is 5.88 Å². The van der Waals surface area contributed by atoms with Crippen LogP contribution >= 0.6 is 0 Å². The smallest absolute Gasteiger partial charge is 0.314 e. The maximum Gasteiger partial charge on any atom is 0.314 e. The van der Waals surface area contributed by atoms with Crippen LogP contribution in [0.3, 0.4) is 0 Å². The fourth-order valence-corrected chi connectivity index (χ4v) is 4.99. The highest BCUT2D eigenvalue weighted by atomic mass is 16.5. The molecule has 2 aliphatic rings. The summed E-state index contributed by atoms with van der Waals surface area (Å²) in [5.74, 6) is 1.75. The highest BCUT2D eigenvalue weighted by Gasteiger charge is 2.31. The average molecular weight is 549 g/mol. The van der Waals surface area contributed by atoms with Crippen molar-refractivity contribution in [2.45, 2.75) is 44.2 Å². The zero-order valence-corrected chi connectivity index (χ0v) is 23.4. The lowest BCUT2D eigenvalue weighted by Gasteiger charge is -2.35. The van der Waals surface area contributed by atoms with Crippen LogP contribution < -0.4 is 25.0 Å². The maximum absolute atomic E-state index is 11.9. The van der Waals surface area contributed by atoms with Crippen molar-refractivity contribution in [1.29, 1.82) is 0 Å². The minimum absolute atomic E-state index is 0.143. The van der Waals surface area contributed by atoms with E-state index in [1.54, 1.807) is 24.8 Å². The Kier molecular flexibility index (Phi) is 11.5. The van der Waals surface area contributed by atoms with Gasteiger partial charge in [0, 0.05) is 50.3 Å². The molecule has 2 fully saturated rings. The first-order valence-corrected chi connectivity index (χ1v) is 14.0. The van der Waals surface area contributed by atoms with Crippen LogP contribution in [0.25, 0.3) is 0 Å². The van der Waals surface area contributed by atoms with Crippen molar-refractivity contribution >= 4 is 11.8 Å². The van der Waals surface area contributed by atoms with Crippen molar-refractivity contribution in [3.63, 3.8) is 0 Å². The quantitative estimate of drug-likeness (QED) is 0.305. The molecule has 0 amide bonds. The molecule has 40 heavy (non-hydrogen) atoms. The van der Waals surface area contributed by atoms with Gasteiger partial charge in [-0.3, -0.25) is 9.78 Å². The normalized spacial score (nSPS) is 19.5. The number of aromatic nitrogens is 3. The molecule has 2 aliphatic heterocycles. The minimum atomic E-state index is -0.179. The van der Waals surface area contributed by atoms with Gasteiger partial charge in [0.15, 0.2) is 5.82 Å². The number of carbonyl (C=O) groups is 1. The van der Waals surface area contributed by atoms with Crippen molar-refractivity contribution in [2.75, 3.05) is 51.4 Å². The number of hydrogen-bond acceptors (Lipinski definition) is 10. The first-order valence-electron chi connectivity index (χ1n) is 14.0. The van der Waals surface area contributed by atoms with E-state index in [1.807, 2.05) is 42.5 Å². The number of ether oxygens (including phenoxy) is 3. The van der Waals surface area contributed by atoms with Crippen molar-refractivity contribution in [3.05, 3.63) is 72.8 Å². The van der Waals surface area contributed by atoms with Crippen molar-refractivity contribution < 1.29 is 19.0 Å². The molecule has 214 valence electrons. The number of nitrogens with one attached hydrogen (secondary N) is 2. The number of esters is 1. The van der Waals surface area contributed by atoms with Gasteiger partial charge in [-0.1, -0.05) is 36.8 Å². The molecule has 10 heteroatoms. The van der Waals surface area contributed by atoms with Crippen LogP contribution in [-0.2, 0) is 9.53 Å². The Bertz CT molecular complexity index is 1150. The van der Waals surface area contributed by atoms with Crippen LogP contribution in [-0.4, -0.2) is 79.5 Å². The second kappa shape index (κ2) is 15.7. The highest BCUT2D eigenvalue weighted by molar-refractivity contribution is 5.79. The Hall–Kier alpha value is -3.76. The molecule has 0 radical (unpaired) electrons. The molecule has 0 saturated carbocycles. The van der Waals surface area contributed by atoms with E-state index in [4.69, 9.17) is 14.2 Å². The zero-order chi connectivity index (χ0) is 28.0. The van der Waals surface area contributed by atoms with Gasteiger partial charge in [0.1, 0.15) is 19.0 Å². The summed E-state index contributed by atoms with van der Waals surface area (Å²) in [4.78, 5) is 26.9. The van der Waals surface area contributed by atoms with Gasteiger partial charge in [-0.2, -0.15) is 0 Å². The molecule has 3 atom stereocenters.